The Labute approximate surface area is 82.0 Å². The van der Waals surface area contributed by atoms with Crippen molar-refractivity contribution in [2.24, 2.45) is 5.92 Å². The summed E-state index contributed by atoms with van der Waals surface area (Å²) in [6.45, 7) is 2.46. The van der Waals surface area contributed by atoms with Crippen LogP contribution in [-0.2, 0) is 4.74 Å². The number of piperidine rings is 1. The van der Waals surface area contributed by atoms with Crippen molar-refractivity contribution in [1.82, 2.24) is 4.90 Å². The van der Waals surface area contributed by atoms with Gasteiger partial charge in [0.25, 0.3) is 6.43 Å². The zero-order valence-electron chi connectivity index (χ0n) is 8.21. The first-order valence-corrected chi connectivity index (χ1v) is 4.79. The second-order valence-electron chi connectivity index (χ2n) is 3.66. The summed E-state index contributed by atoms with van der Waals surface area (Å²) in [4.78, 5) is 12.7. The van der Waals surface area contributed by atoms with Crippen LogP contribution in [0.1, 0.15) is 19.8 Å². The van der Waals surface area contributed by atoms with Gasteiger partial charge in [-0.2, -0.15) is 0 Å². The molecule has 0 bridgehead atoms. The Morgan fingerprint density at radius 1 is 1.64 bits per heavy atom. The zero-order chi connectivity index (χ0) is 10.6. The molecule has 14 heavy (non-hydrogen) atoms. The number of hydrogen-bond acceptors (Lipinski definition) is 2. The molecular formula is C9H15F2NO2. The molecule has 5 heteroatoms. The maximum Gasteiger partial charge on any atom is 0.409 e. The highest BCUT2D eigenvalue weighted by Crippen LogP contribution is 2.16. The lowest BCUT2D eigenvalue weighted by atomic mass is 10.0. The van der Waals surface area contributed by atoms with Crippen LogP contribution in [0.25, 0.3) is 0 Å². The predicted molar refractivity (Wildman–Crippen MR) is 47.3 cm³/mol. The van der Waals surface area contributed by atoms with Gasteiger partial charge < -0.3 is 9.64 Å². The lowest BCUT2D eigenvalue weighted by Crippen LogP contribution is -2.39. The van der Waals surface area contributed by atoms with Crippen molar-refractivity contribution in [2.45, 2.75) is 26.2 Å². The van der Waals surface area contributed by atoms with E-state index in [1.807, 2.05) is 6.92 Å². The van der Waals surface area contributed by atoms with Crippen molar-refractivity contribution < 1.29 is 18.3 Å². The number of hydrogen-bond donors (Lipinski definition) is 0. The molecule has 1 aliphatic heterocycles. The van der Waals surface area contributed by atoms with Gasteiger partial charge in [0.15, 0.2) is 6.61 Å². The van der Waals surface area contributed by atoms with E-state index in [2.05, 4.69) is 4.74 Å². The quantitative estimate of drug-likeness (QED) is 0.694. The molecule has 0 radical (unpaired) electrons. The van der Waals surface area contributed by atoms with Gasteiger partial charge in [0.1, 0.15) is 0 Å². The largest absolute Gasteiger partial charge is 0.443 e. The van der Waals surface area contributed by atoms with Crippen LogP contribution in [0, 0.1) is 5.92 Å². The van der Waals surface area contributed by atoms with E-state index in [-0.39, 0.29) is 0 Å². The summed E-state index contributed by atoms with van der Waals surface area (Å²) in [6.07, 6.45) is -1.19. The summed E-state index contributed by atoms with van der Waals surface area (Å²) >= 11 is 0. The number of nitrogens with zero attached hydrogens (tertiary/aromatic N) is 1. The third-order valence-electron chi connectivity index (χ3n) is 2.25. The molecule has 0 aromatic heterocycles. The summed E-state index contributed by atoms with van der Waals surface area (Å²) in [5.41, 5.74) is 0. The molecule has 0 aliphatic carbocycles. The van der Waals surface area contributed by atoms with Crippen molar-refractivity contribution in [3.05, 3.63) is 0 Å². The van der Waals surface area contributed by atoms with E-state index >= 15 is 0 Å². The zero-order valence-corrected chi connectivity index (χ0v) is 8.21. The number of likely N-dealkylation sites (tertiary alicyclic amines) is 1. The van der Waals surface area contributed by atoms with Crippen LogP contribution in [0.3, 0.4) is 0 Å². The summed E-state index contributed by atoms with van der Waals surface area (Å²) in [6, 6.07) is 0. The van der Waals surface area contributed by atoms with Gasteiger partial charge in [0.2, 0.25) is 0 Å². The molecule has 1 saturated heterocycles. The molecule has 0 saturated carbocycles. The van der Waals surface area contributed by atoms with Crippen molar-refractivity contribution in [3.63, 3.8) is 0 Å². The van der Waals surface area contributed by atoms with Crippen LogP contribution in [0.5, 0.6) is 0 Å². The van der Waals surface area contributed by atoms with Gasteiger partial charge in [0.05, 0.1) is 0 Å². The highest BCUT2D eigenvalue weighted by atomic mass is 19.3. The third kappa shape index (κ3) is 3.47. The van der Waals surface area contributed by atoms with Gasteiger partial charge in [-0.1, -0.05) is 6.92 Å². The lowest BCUT2D eigenvalue weighted by molar-refractivity contribution is 0.0263. The number of alkyl halides is 2. The van der Waals surface area contributed by atoms with Gasteiger partial charge in [-0.05, 0) is 18.8 Å². The maximum absolute atomic E-state index is 11.7. The first-order chi connectivity index (χ1) is 6.59. The molecule has 1 heterocycles. The minimum atomic E-state index is -2.58. The number of carbonyl (C=O) groups excluding carboxylic acids is 1. The Bertz CT molecular complexity index is 199. The van der Waals surface area contributed by atoms with Crippen LogP contribution in [0.15, 0.2) is 0 Å². The van der Waals surface area contributed by atoms with E-state index in [1.165, 1.54) is 4.90 Å². The molecule has 0 aromatic carbocycles. The molecule has 1 fully saturated rings. The normalized spacial score (nSPS) is 22.6. The molecule has 1 amide bonds. The van der Waals surface area contributed by atoms with Gasteiger partial charge in [-0.15, -0.1) is 0 Å². The first-order valence-electron chi connectivity index (χ1n) is 4.79. The highest BCUT2D eigenvalue weighted by molar-refractivity contribution is 5.67. The van der Waals surface area contributed by atoms with Crippen molar-refractivity contribution in [3.8, 4) is 0 Å². The van der Waals surface area contributed by atoms with Crippen LogP contribution >= 0.6 is 0 Å². The van der Waals surface area contributed by atoms with Gasteiger partial charge >= 0.3 is 6.09 Å². The summed E-state index contributed by atoms with van der Waals surface area (Å²) in [5, 5.41) is 0. The number of halogens is 2. The molecule has 0 spiro atoms. The fourth-order valence-electron chi connectivity index (χ4n) is 1.58. The Kier molecular flexibility index (Phi) is 4.10. The van der Waals surface area contributed by atoms with Crippen LogP contribution in [-0.4, -0.2) is 37.1 Å². The van der Waals surface area contributed by atoms with Gasteiger partial charge in [-0.25, -0.2) is 13.6 Å². The first kappa shape index (κ1) is 11.2. The minimum Gasteiger partial charge on any atom is -0.443 e. The number of amides is 1. The topological polar surface area (TPSA) is 29.5 Å². The van der Waals surface area contributed by atoms with E-state index in [1.54, 1.807) is 0 Å². The second kappa shape index (κ2) is 5.12. The minimum absolute atomic E-state index is 0.433. The lowest BCUT2D eigenvalue weighted by Gasteiger charge is -2.29. The highest BCUT2D eigenvalue weighted by Gasteiger charge is 2.22. The van der Waals surface area contributed by atoms with Crippen LogP contribution < -0.4 is 0 Å². The number of carbonyl (C=O) groups is 1. The van der Waals surface area contributed by atoms with E-state index in [0.717, 1.165) is 12.8 Å². The fourth-order valence-corrected chi connectivity index (χ4v) is 1.58. The Balaban J connectivity index is 2.29. The Morgan fingerprint density at radius 3 is 2.93 bits per heavy atom. The monoisotopic (exact) mass is 207 g/mol. The molecule has 82 valence electrons. The van der Waals surface area contributed by atoms with E-state index in [4.69, 9.17) is 0 Å². The SMILES string of the molecule is CC1CCCN(C(=O)OCC(F)F)C1. The molecule has 3 nitrogen and oxygen atoms in total. The molecular weight excluding hydrogens is 192 g/mol. The Morgan fingerprint density at radius 2 is 2.36 bits per heavy atom. The van der Waals surface area contributed by atoms with Crippen LogP contribution in [0.2, 0.25) is 0 Å². The molecule has 1 aliphatic rings. The van der Waals surface area contributed by atoms with Crippen molar-refractivity contribution in [2.75, 3.05) is 19.7 Å². The predicted octanol–water partition coefficient (Wildman–Crippen LogP) is 2.12. The summed E-state index contributed by atoms with van der Waals surface area (Å²) in [7, 11) is 0. The Hall–Kier alpha value is -0.870. The number of rotatable bonds is 2. The van der Waals surface area contributed by atoms with E-state index < -0.39 is 19.1 Å². The summed E-state index contributed by atoms with van der Waals surface area (Å²) < 4.78 is 27.9. The summed E-state index contributed by atoms with van der Waals surface area (Å²) in [5.74, 6) is 0.433. The van der Waals surface area contributed by atoms with Crippen molar-refractivity contribution in [1.29, 1.82) is 0 Å². The van der Waals surface area contributed by atoms with Crippen LogP contribution in [0.4, 0.5) is 13.6 Å². The third-order valence-corrected chi connectivity index (χ3v) is 2.25. The standard InChI is InChI=1S/C9H15F2NO2/c1-7-3-2-4-12(5-7)9(13)14-6-8(10)11/h7-8H,2-6H2,1H3. The smallest absolute Gasteiger partial charge is 0.409 e. The van der Waals surface area contributed by atoms with Gasteiger partial charge in [0, 0.05) is 13.1 Å². The molecule has 1 atom stereocenters. The fraction of sp³-hybridized carbons (Fsp3) is 0.889. The second-order valence-corrected chi connectivity index (χ2v) is 3.66. The molecule has 1 rings (SSSR count). The van der Waals surface area contributed by atoms with Gasteiger partial charge in [-0.3, -0.25) is 0 Å². The molecule has 0 N–H and O–H groups in total. The average molecular weight is 207 g/mol. The average Bonchev–Trinajstić information content (AvgIpc) is 2.14. The maximum atomic E-state index is 11.7. The molecule has 0 aromatic rings. The van der Waals surface area contributed by atoms with E-state index in [0.29, 0.717) is 19.0 Å². The number of ether oxygens (including phenoxy) is 1. The molecule has 1 unspecified atom stereocenters. The van der Waals surface area contributed by atoms with Crippen molar-refractivity contribution >= 4 is 6.09 Å². The van der Waals surface area contributed by atoms with E-state index in [9.17, 15) is 13.6 Å².